The van der Waals surface area contributed by atoms with Crippen LogP contribution in [0.25, 0.3) is 22.9 Å². The molecule has 4 rings (SSSR count). The number of nitrogens with one attached hydrogen (secondary N) is 1. The van der Waals surface area contributed by atoms with E-state index in [1.54, 1.807) is 6.20 Å². The Morgan fingerprint density at radius 2 is 1.82 bits per heavy atom. The van der Waals surface area contributed by atoms with Crippen LogP contribution in [0, 0.1) is 5.92 Å². The van der Waals surface area contributed by atoms with Gasteiger partial charge in [0.15, 0.2) is 0 Å². The highest BCUT2D eigenvalue weighted by molar-refractivity contribution is 5.69. The van der Waals surface area contributed by atoms with Gasteiger partial charge in [-0.2, -0.15) is 0 Å². The molecule has 2 aromatic heterocycles. The van der Waals surface area contributed by atoms with Crippen molar-refractivity contribution < 1.29 is 4.42 Å². The quantitative estimate of drug-likeness (QED) is 0.618. The van der Waals surface area contributed by atoms with Crippen LogP contribution in [0.2, 0.25) is 0 Å². The molecule has 0 bridgehead atoms. The largest absolute Gasteiger partial charge is 0.416 e. The molecule has 146 valence electrons. The lowest BCUT2D eigenvalue weighted by Gasteiger charge is -2.30. The summed E-state index contributed by atoms with van der Waals surface area (Å²) in [5.74, 6) is 2.67. The molecular weight excluding hydrogens is 350 g/mol. The van der Waals surface area contributed by atoms with Crippen molar-refractivity contribution in [2.24, 2.45) is 5.92 Å². The van der Waals surface area contributed by atoms with Gasteiger partial charge in [0.2, 0.25) is 5.89 Å². The van der Waals surface area contributed by atoms with E-state index in [1.165, 1.54) is 25.9 Å². The van der Waals surface area contributed by atoms with Crippen LogP contribution >= 0.6 is 0 Å². The molecule has 1 aromatic carbocycles. The van der Waals surface area contributed by atoms with Gasteiger partial charge in [-0.3, -0.25) is 0 Å². The van der Waals surface area contributed by atoms with Gasteiger partial charge in [0, 0.05) is 18.3 Å². The lowest BCUT2D eigenvalue weighted by atomic mass is 9.99. The Bertz CT molecular complexity index is 871. The fourth-order valence-electron chi connectivity index (χ4n) is 3.54. The SMILES string of the molecule is CC1CCN(CCCNc2ncccc2-c2nnc(-c3ccccc3)o2)CC1. The van der Waals surface area contributed by atoms with Crippen LogP contribution in [0.3, 0.4) is 0 Å². The van der Waals surface area contributed by atoms with Crippen LogP contribution in [0.15, 0.2) is 53.1 Å². The Kier molecular flexibility index (Phi) is 5.97. The second kappa shape index (κ2) is 8.97. The highest BCUT2D eigenvalue weighted by Gasteiger charge is 2.16. The summed E-state index contributed by atoms with van der Waals surface area (Å²) >= 11 is 0. The van der Waals surface area contributed by atoms with Gasteiger partial charge in [-0.05, 0) is 69.1 Å². The predicted octanol–water partition coefficient (Wildman–Crippen LogP) is 4.33. The average Bonchev–Trinajstić information content (AvgIpc) is 3.24. The summed E-state index contributed by atoms with van der Waals surface area (Å²) in [7, 11) is 0. The third-order valence-electron chi connectivity index (χ3n) is 5.30. The monoisotopic (exact) mass is 377 g/mol. The fourth-order valence-corrected chi connectivity index (χ4v) is 3.54. The summed E-state index contributed by atoms with van der Waals surface area (Å²) < 4.78 is 5.90. The summed E-state index contributed by atoms with van der Waals surface area (Å²) in [4.78, 5) is 7.04. The van der Waals surface area contributed by atoms with Gasteiger partial charge in [-0.15, -0.1) is 10.2 Å². The minimum absolute atomic E-state index is 0.486. The lowest BCUT2D eigenvalue weighted by Crippen LogP contribution is -2.34. The van der Waals surface area contributed by atoms with E-state index in [1.807, 2.05) is 42.5 Å². The minimum atomic E-state index is 0.486. The van der Waals surface area contributed by atoms with Crippen LogP contribution in [0.1, 0.15) is 26.2 Å². The Balaban J connectivity index is 1.37. The summed E-state index contributed by atoms with van der Waals surface area (Å²) in [6.07, 6.45) is 5.51. The molecule has 1 fully saturated rings. The van der Waals surface area contributed by atoms with Crippen LogP contribution in [0.4, 0.5) is 5.82 Å². The normalized spacial score (nSPS) is 15.6. The Hall–Kier alpha value is -2.73. The molecule has 0 spiro atoms. The zero-order valence-corrected chi connectivity index (χ0v) is 16.3. The van der Waals surface area contributed by atoms with Gasteiger partial charge in [0.1, 0.15) is 5.82 Å². The van der Waals surface area contributed by atoms with Crippen molar-refractivity contribution in [1.29, 1.82) is 0 Å². The van der Waals surface area contributed by atoms with E-state index >= 15 is 0 Å². The van der Waals surface area contributed by atoms with Gasteiger partial charge >= 0.3 is 0 Å². The van der Waals surface area contributed by atoms with Crippen molar-refractivity contribution in [1.82, 2.24) is 20.1 Å². The molecule has 0 aliphatic carbocycles. The first-order valence-corrected chi connectivity index (χ1v) is 10.1. The van der Waals surface area contributed by atoms with Crippen LogP contribution in [0.5, 0.6) is 0 Å². The molecule has 0 radical (unpaired) electrons. The van der Waals surface area contributed by atoms with Gasteiger partial charge in [0.25, 0.3) is 5.89 Å². The van der Waals surface area contributed by atoms with Crippen LogP contribution in [-0.2, 0) is 0 Å². The molecule has 6 heteroatoms. The van der Waals surface area contributed by atoms with E-state index in [0.29, 0.717) is 11.8 Å². The first-order chi connectivity index (χ1) is 13.8. The summed E-state index contributed by atoms with van der Waals surface area (Å²) in [5.41, 5.74) is 1.75. The van der Waals surface area contributed by atoms with Crippen LogP contribution < -0.4 is 5.32 Å². The second-order valence-corrected chi connectivity index (χ2v) is 7.48. The van der Waals surface area contributed by atoms with Crippen molar-refractivity contribution in [2.75, 3.05) is 31.5 Å². The van der Waals surface area contributed by atoms with Crippen molar-refractivity contribution in [3.05, 3.63) is 48.7 Å². The predicted molar refractivity (Wildman–Crippen MR) is 111 cm³/mol. The zero-order chi connectivity index (χ0) is 19.2. The number of rotatable bonds is 7. The molecular formula is C22H27N5O. The number of aromatic nitrogens is 3. The maximum absolute atomic E-state index is 5.90. The number of pyridine rings is 1. The first-order valence-electron chi connectivity index (χ1n) is 10.1. The van der Waals surface area contributed by atoms with Gasteiger partial charge in [-0.25, -0.2) is 4.98 Å². The third-order valence-corrected chi connectivity index (χ3v) is 5.30. The van der Waals surface area contributed by atoms with E-state index < -0.39 is 0 Å². The second-order valence-electron chi connectivity index (χ2n) is 7.48. The molecule has 0 unspecified atom stereocenters. The van der Waals surface area contributed by atoms with E-state index in [-0.39, 0.29) is 0 Å². The molecule has 0 saturated carbocycles. The number of hydrogen-bond acceptors (Lipinski definition) is 6. The Labute approximate surface area is 166 Å². The van der Waals surface area contributed by atoms with Gasteiger partial charge < -0.3 is 14.6 Å². The van der Waals surface area contributed by atoms with E-state index in [2.05, 4.69) is 32.3 Å². The first kappa shape index (κ1) is 18.6. The van der Waals surface area contributed by atoms with Crippen LogP contribution in [-0.4, -0.2) is 46.3 Å². The molecule has 1 saturated heterocycles. The maximum Gasteiger partial charge on any atom is 0.251 e. The molecule has 1 aliphatic rings. The number of benzene rings is 1. The average molecular weight is 377 g/mol. The van der Waals surface area contributed by atoms with Crippen molar-refractivity contribution >= 4 is 5.82 Å². The van der Waals surface area contributed by atoms with Gasteiger partial charge in [0.05, 0.1) is 5.56 Å². The molecule has 0 amide bonds. The van der Waals surface area contributed by atoms with Gasteiger partial charge in [-0.1, -0.05) is 25.1 Å². The zero-order valence-electron chi connectivity index (χ0n) is 16.3. The molecule has 0 atom stereocenters. The smallest absolute Gasteiger partial charge is 0.251 e. The number of hydrogen-bond donors (Lipinski definition) is 1. The lowest BCUT2D eigenvalue weighted by molar-refractivity contribution is 0.192. The number of anilines is 1. The highest BCUT2D eigenvalue weighted by atomic mass is 16.4. The maximum atomic E-state index is 5.90. The van der Waals surface area contributed by atoms with Crippen molar-refractivity contribution in [3.63, 3.8) is 0 Å². The number of likely N-dealkylation sites (tertiary alicyclic amines) is 1. The molecule has 1 aliphatic heterocycles. The molecule has 3 heterocycles. The molecule has 6 nitrogen and oxygen atoms in total. The number of piperidine rings is 1. The highest BCUT2D eigenvalue weighted by Crippen LogP contribution is 2.27. The van der Waals surface area contributed by atoms with Crippen molar-refractivity contribution in [2.45, 2.75) is 26.2 Å². The Morgan fingerprint density at radius 1 is 1.04 bits per heavy atom. The summed E-state index contributed by atoms with van der Waals surface area (Å²) in [5, 5.41) is 11.9. The van der Waals surface area contributed by atoms with E-state index in [4.69, 9.17) is 4.42 Å². The van der Waals surface area contributed by atoms with Crippen molar-refractivity contribution in [3.8, 4) is 22.9 Å². The standard InChI is InChI=1S/C22H27N5O/c1-17-10-15-27(16-11-17)14-6-13-24-20-19(9-5-12-23-20)22-26-25-21(28-22)18-7-3-2-4-8-18/h2-5,7-9,12,17H,6,10-11,13-16H2,1H3,(H,23,24). The molecule has 28 heavy (non-hydrogen) atoms. The Morgan fingerprint density at radius 3 is 2.64 bits per heavy atom. The molecule has 1 N–H and O–H groups in total. The topological polar surface area (TPSA) is 67.1 Å². The number of nitrogens with zero attached hydrogens (tertiary/aromatic N) is 4. The minimum Gasteiger partial charge on any atom is -0.416 e. The summed E-state index contributed by atoms with van der Waals surface area (Å²) in [6, 6.07) is 13.7. The molecule has 3 aromatic rings. The van der Waals surface area contributed by atoms with E-state index in [9.17, 15) is 0 Å². The van der Waals surface area contributed by atoms with E-state index in [0.717, 1.165) is 42.4 Å². The fraction of sp³-hybridized carbons (Fsp3) is 0.409. The third kappa shape index (κ3) is 4.57. The summed E-state index contributed by atoms with van der Waals surface area (Å²) in [6.45, 7) is 6.79.